The normalized spacial score (nSPS) is 11.4. The number of aromatic nitrogens is 5. The first kappa shape index (κ1) is 11.3. The second-order valence-electron chi connectivity index (χ2n) is 4.32. The summed E-state index contributed by atoms with van der Waals surface area (Å²) in [5.41, 5.74) is 9.12. The summed E-state index contributed by atoms with van der Waals surface area (Å²) in [4.78, 5) is 12.2. The molecule has 0 aliphatic carbocycles. The molecule has 6 nitrogen and oxygen atoms in total. The lowest BCUT2D eigenvalue weighted by molar-refractivity contribution is 0.913. The summed E-state index contributed by atoms with van der Waals surface area (Å²) >= 11 is 1.48. The van der Waals surface area contributed by atoms with E-state index in [4.69, 9.17) is 5.73 Å². The standard InChI is InChI=1S/C13H10N6S/c14-8-1-2-9-10(7-8)17-13(16-9)20-12-4-6-19-11(18-12)3-5-15-19/h1-7H,14H2,(H,16,17). The predicted octanol–water partition coefficient (Wildman–Crippen LogP) is 2.34. The van der Waals surface area contributed by atoms with Crippen LogP contribution in [0.4, 0.5) is 5.69 Å². The van der Waals surface area contributed by atoms with Crippen LogP contribution in [0.25, 0.3) is 16.7 Å². The van der Waals surface area contributed by atoms with E-state index in [2.05, 4.69) is 20.1 Å². The molecule has 20 heavy (non-hydrogen) atoms. The molecule has 0 atom stereocenters. The SMILES string of the molecule is Nc1ccc2nc(Sc3ccn4nccc4n3)[nH]c2c1. The Balaban J connectivity index is 1.72. The van der Waals surface area contributed by atoms with Crippen molar-refractivity contribution in [2.24, 2.45) is 0 Å². The predicted molar refractivity (Wildman–Crippen MR) is 77.6 cm³/mol. The molecule has 0 saturated heterocycles. The van der Waals surface area contributed by atoms with Gasteiger partial charge in [0.05, 0.1) is 17.2 Å². The minimum atomic E-state index is 0.719. The van der Waals surface area contributed by atoms with Gasteiger partial charge in [0.2, 0.25) is 0 Å². The number of imidazole rings is 1. The van der Waals surface area contributed by atoms with Crippen LogP contribution >= 0.6 is 11.8 Å². The maximum atomic E-state index is 5.76. The monoisotopic (exact) mass is 282 g/mol. The number of rotatable bonds is 2. The zero-order chi connectivity index (χ0) is 13.5. The van der Waals surface area contributed by atoms with Crippen molar-refractivity contribution in [3.05, 3.63) is 42.7 Å². The first-order valence-corrected chi connectivity index (χ1v) is 6.83. The lowest BCUT2D eigenvalue weighted by atomic mass is 10.3. The van der Waals surface area contributed by atoms with E-state index in [1.54, 1.807) is 10.7 Å². The number of hydrogen-bond acceptors (Lipinski definition) is 5. The number of H-pyrrole nitrogens is 1. The van der Waals surface area contributed by atoms with E-state index in [0.717, 1.165) is 32.6 Å². The zero-order valence-corrected chi connectivity index (χ0v) is 11.1. The van der Waals surface area contributed by atoms with Crippen molar-refractivity contribution in [2.75, 3.05) is 5.73 Å². The van der Waals surface area contributed by atoms with Crippen molar-refractivity contribution < 1.29 is 0 Å². The van der Waals surface area contributed by atoms with Crippen LogP contribution in [-0.4, -0.2) is 24.6 Å². The summed E-state index contributed by atoms with van der Waals surface area (Å²) in [7, 11) is 0. The molecule has 0 aliphatic heterocycles. The molecule has 98 valence electrons. The summed E-state index contributed by atoms with van der Waals surface area (Å²) in [6.45, 7) is 0. The fourth-order valence-electron chi connectivity index (χ4n) is 2.00. The number of anilines is 1. The van der Waals surface area contributed by atoms with Gasteiger partial charge < -0.3 is 10.7 Å². The molecule has 3 N–H and O–H groups in total. The Morgan fingerprint density at radius 3 is 3.05 bits per heavy atom. The third-order valence-electron chi connectivity index (χ3n) is 2.92. The van der Waals surface area contributed by atoms with Gasteiger partial charge in [-0.15, -0.1) is 0 Å². The molecule has 0 radical (unpaired) electrons. The molecule has 4 rings (SSSR count). The Bertz CT molecular complexity index is 909. The van der Waals surface area contributed by atoms with Crippen LogP contribution in [-0.2, 0) is 0 Å². The number of nitrogen functional groups attached to an aromatic ring is 1. The Labute approximate surface area is 118 Å². The van der Waals surface area contributed by atoms with Crippen molar-refractivity contribution in [3.63, 3.8) is 0 Å². The fraction of sp³-hybridized carbons (Fsp3) is 0. The quantitative estimate of drug-likeness (QED) is 0.435. The molecule has 0 saturated carbocycles. The van der Waals surface area contributed by atoms with Crippen LogP contribution < -0.4 is 5.73 Å². The topological polar surface area (TPSA) is 84.9 Å². The summed E-state index contributed by atoms with van der Waals surface area (Å²) in [6.07, 6.45) is 3.60. The number of hydrogen-bond donors (Lipinski definition) is 2. The van der Waals surface area contributed by atoms with Crippen LogP contribution in [0.5, 0.6) is 0 Å². The highest BCUT2D eigenvalue weighted by molar-refractivity contribution is 7.99. The Kier molecular flexibility index (Phi) is 2.40. The highest BCUT2D eigenvalue weighted by Crippen LogP contribution is 2.26. The molecule has 0 unspecified atom stereocenters. The van der Waals surface area contributed by atoms with E-state index in [9.17, 15) is 0 Å². The van der Waals surface area contributed by atoms with E-state index in [1.165, 1.54) is 11.8 Å². The first-order chi connectivity index (χ1) is 9.78. The van der Waals surface area contributed by atoms with Gasteiger partial charge in [-0.3, -0.25) is 0 Å². The molecule has 4 aromatic rings. The van der Waals surface area contributed by atoms with Crippen molar-refractivity contribution in [1.82, 2.24) is 24.6 Å². The van der Waals surface area contributed by atoms with Crippen LogP contribution in [0.2, 0.25) is 0 Å². The molecule has 0 fully saturated rings. The van der Waals surface area contributed by atoms with Crippen LogP contribution in [0.3, 0.4) is 0 Å². The largest absolute Gasteiger partial charge is 0.399 e. The van der Waals surface area contributed by atoms with Gasteiger partial charge >= 0.3 is 0 Å². The van der Waals surface area contributed by atoms with Crippen molar-refractivity contribution >= 4 is 34.1 Å². The molecule has 3 aromatic heterocycles. The Morgan fingerprint density at radius 1 is 1.15 bits per heavy atom. The summed E-state index contributed by atoms with van der Waals surface area (Å²) < 4.78 is 1.73. The summed E-state index contributed by atoms with van der Waals surface area (Å²) in [5.74, 6) is 0. The molecular formula is C13H10N6S. The first-order valence-electron chi connectivity index (χ1n) is 6.01. The number of fused-ring (bicyclic) bond motifs is 2. The van der Waals surface area contributed by atoms with Gasteiger partial charge in [-0.2, -0.15) is 5.10 Å². The minimum absolute atomic E-state index is 0.719. The molecule has 0 bridgehead atoms. The number of benzene rings is 1. The van der Waals surface area contributed by atoms with Crippen molar-refractivity contribution in [3.8, 4) is 0 Å². The highest BCUT2D eigenvalue weighted by Gasteiger charge is 2.07. The number of nitrogens with one attached hydrogen (secondary N) is 1. The minimum Gasteiger partial charge on any atom is -0.399 e. The van der Waals surface area contributed by atoms with Crippen molar-refractivity contribution in [1.29, 1.82) is 0 Å². The van der Waals surface area contributed by atoms with E-state index in [0.29, 0.717) is 0 Å². The highest BCUT2D eigenvalue weighted by atomic mass is 32.2. The molecule has 7 heteroatoms. The van der Waals surface area contributed by atoms with E-state index < -0.39 is 0 Å². The van der Waals surface area contributed by atoms with Gasteiger partial charge in [-0.1, -0.05) is 0 Å². The van der Waals surface area contributed by atoms with Gasteiger partial charge in [-0.05, 0) is 36.0 Å². The molecule has 0 amide bonds. The van der Waals surface area contributed by atoms with Gasteiger partial charge in [0.1, 0.15) is 5.03 Å². The maximum Gasteiger partial charge on any atom is 0.172 e. The lowest BCUT2D eigenvalue weighted by Crippen LogP contribution is -1.90. The second kappa shape index (κ2) is 4.24. The molecule has 1 aromatic carbocycles. The van der Waals surface area contributed by atoms with E-state index >= 15 is 0 Å². The van der Waals surface area contributed by atoms with Crippen molar-refractivity contribution in [2.45, 2.75) is 10.2 Å². The van der Waals surface area contributed by atoms with Gasteiger partial charge in [0.15, 0.2) is 10.8 Å². The third-order valence-corrected chi connectivity index (χ3v) is 3.74. The Morgan fingerprint density at radius 2 is 2.10 bits per heavy atom. The van der Waals surface area contributed by atoms with E-state index in [-0.39, 0.29) is 0 Å². The van der Waals surface area contributed by atoms with E-state index in [1.807, 2.05) is 36.5 Å². The van der Waals surface area contributed by atoms with Crippen LogP contribution in [0.1, 0.15) is 0 Å². The zero-order valence-electron chi connectivity index (χ0n) is 10.3. The summed E-state index contributed by atoms with van der Waals surface area (Å²) in [6, 6.07) is 9.39. The average molecular weight is 282 g/mol. The smallest absolute Gasteiger partial charge is 0.172 e. The molecule has 0 spiro atoms. The lowest BCUT2D eigenvalue weighted by Gasteiger charge is -1.97. The van der Waals surface area contributed by atoms with Gasteiger partial charge in [-0.25, -0.2) is 14.5 Å². The van der Waals surface area contributed by atoms with Gasteiger partial charge in [0.25, 0.3) is 0 Å². The number of nitrogens with two attached hydrogens (primary N) is 1. The number of nitrogens with zero attached hydrogens (tertiary/aromatic N) is 4. The van der Waals surface area contributed by atoms with Crippen LogP contribution in [0, 0.1) is 0 Å². The molecule has 0 aliphatic rings. The van der Waals surface area contributed by atoms with Crippen LogP contribution in [0.15, 0.2) is 52.9 Å². The summed E-state index contributed by atoms with van der Waals surface area (Å²) in [5, 5.41) is 5.78. The van der Waals surface area contributed by atoms with Gasteiger partial charge in [0, 0.05) is 18.0 Å². The third kappa shape index (κ3) is 1.88. The molecule has 3 heterocycles. The molecular weight excluding hydrogens is 272 g/mol. The fourth-order valence-corrected chi connectivity index (χ4v) is 2.77. The number of aromatic amines is 1. The maximum absolute atomic E-state index is 5.76. The Hall–Kier alpha value is -2.54. The second-order valence-corrected chi connectivity index (χ2v) is 5.33. The average Bonchev–Trinajstić information content (AvgIpc) is 3.03.